The molecule has 107 valence electrons. The Labute approximate surface area is 138 Å². The summed E-state index contributed by atoms with van der Waals surface area (Å²) >= 11 is -2.43. The van der Waals surface area contributed by atoms with Crippen molar-refractivity contribution in [3.05, 3.63) is 41.4 Å². The Morgan fingerprint density at radius 1 is 1.10 bits per heavy atom. The topological polar surface area (TPSA) is 3.24 Å². The van der Waals surface area contributed by atoms with Gasteiger partial charge in [0.1, 0.15) is 0 Å². The Morgan fingerprint density at radius 2 is 1.70 bits per heavy atom. The molecule has 0 fully saturated rings. The molecular formula is C15H21BCl2NZr. The minimum absolute atomic E-state index is 0.312. The first kappa shape index (κ1) is 16.8. The van der Waals surface area contributed by atoms with Crippen LogP contribution >= 0.6 is 17.0 Å². The quantitative estimate of drug-likeness (QED) is 0.666. The first-order valence-electron chi connectivity index (χ1n) is 7.16. The second-order valence-corrected chi connectivity index (χ2v) is 14.8. The first-order valence-corrected chi connectivity index (χ1v) is 14.9. The van der Waals surface area contributed by atoms with Crippen LogP contribution in [-0.2, 0) is 19.4 Å². The van der Waals surface area contributed by atoms with Crippen molar-refractivity contribution in [2.75, 3.05) is 0 Å². The summed E-state index contributed by atoms with van der Waals surface area (Å²) in [4.78, 5) is 2.53. The molecule has 5 heteroatoms. The summed E-state index contributed by atoms with van der Waals surface area (Å²) < 4.78 is 0.312. The molecule has 1 unspecified atom stereocenters. The molecule has 0 aliphatic carbocycles. The SMILES string of the molecule is CC(C)N(B1C=Cc2ccccc2[CH]1[Zr]([Cl])[Cl])C(C)C. The maximum absolute atomic E-state index is 6.53. The maximum atomic E-state index is 6.53. The van der Waals surface area contributed by atoms with Gasteiger partial charge in [-0.3, -0.25) is 0 Å². The van der Waals surface area contributed by atoms with Gasteiger partial charge < -0.3 is 0 Å². The van der Waals surface area contributed by atoms with Gasteiger partial charge in [-0.2, -0.15) is 0 Å². The third-order valence-corrected chi connectivity index (χ3v) is 9.46. The van der Waals surface area contributed by atoms with Gasteiger partial charge in [-0.15, -0.1) is 0 Å². The van der Waals surface area contributed by atoms with Crippen LogP contribution in [0.15, 0.2) is 30.2 Å². The Hall–Kier alpha value is 0.448. The molecule has 0 spiro atoms. The predicted octanol–water partition coefficient (Wildman–Crippen LogP) is 4.87. The molecule has 1 aliphatic rings. The molecule has 1 nitrogen and oxygen atoms in total. The molecule has 1 heterocycles. The molecule has 0 aromatic heterocycles. The zero-order chi connectivity index (χ0) is 14.9. The van der Waals surface area contributed by atoms with Crippen molar-refractivity contribution < 1.29 is 19.4 Å². The van der Waals surface area contributed by atoms with Crippen LogP contribution in [0.25, 0.3) is 6.08 Å². The van der Waals surface area contributed by atoms with Crippen LogP contribution < -0.4 is 0 Å². The fourth-order valence-corrected chi connectivity index (χ4v) is 8.72. The number of rotatable bonds is 4. The van der Waals surface area contributed by atoms with E-state index in [1.165, 1.54) is 11.1 Å². The zero-order valence-corrected chi connectivity index (χ0v) is 16.4. The normalized spacial score (nSPS) is 18.1. The summed E-state index contributed by atoms with van der Waals surface area (Å²) in [6, 6.07) is 9.48. The molecule has 0 N–H and O–H groups in total. The molecule has 0 amide bonds. The van der Waals surface area contributed by atoms with Crippen molar-refractivity contribution in [1.82, 2.24) is 4.81 Å². The van der Waals surface area contributed by atoms with Crippen molar-refractivity contribution in [2.24, 2.45) is 0 Å². The van der Waals surface area contributed by atoms with E-state index in [-0.39, 0.29) is 0 Å². The third kappa shape index (κ3) is 3.43. The van der Waals surface area contributed by atoms with Crippen molar-refractivity contribution in [1.29, 1.82) is 0 Å². The fourth-order valence-electron chi connectivity index (χ4n) is 3.25. The molecule has 1 aromatic carbocycles. The molecule has 0 bridgehead atoms. The summed E-state index contributed by atoms with van der Waals surface area (Å²) in [6.07, 6.45) is 2.23. The van der Waals surface area contributed by atoms with Crippen molar-refractivity contribution in [3.8, 4) is 0 Å². The number of benzene rings is 1. The van der Waals surface area contributed by atoms with E-state index in [4.69, 9.17) is 17.0 Å². The van der Waals surface area contributed by atoms with Gasteiger partial charge in [0, 0.05) is 0 Å². The van der Waals surface area contributed by atoms with Gasteiger partial charge >= 0.3 is 139 Å². The average Bonchev–Trinajstić information content (AvgIpc) is 2.37. The number of hydrogen-bond donors (Lipinski definition) is 0. The zero-order valence-electron chi connectivity index (χ0n) is 12.5. The molecule has 1 aromatic rings. The summed E-state index contributed by atoms with van der Waals surface area (Å²) in [7, 11) is 13.1. The summed E-state index contributed by atoms with van der Waals surface area (Å²) in [5.41, 5.74) is 2.62. The van der Waals surface area contributed by atoms with Crippen LogP contribution in [0.5, 0.6) is 0 Å². The molecule has 2 rings (SSSR count). The van der Waals surface area contributed by atoms with Crippen LogP contribution in [-0.4, -0.2) is 23.7 Å². The van der Waals surface area contributed by atoms with Crippen molar-refractivity contribution in [2.45, 2.75) is 43.3 Å². The van der Waals surface area contributed by atoms with Crippen LogP contribution in [0.3, 0.4) is 0 Å². The van der Waals surface area contributed by atoms with Gasteiger partial charge in [-0.05, 0) is 0 Å². The van der Waals surface area contributed by atoms with Gasteiger partial charge in [-0.1, -0.05) is 0 Å². The van der Waals surface area contributed by atoms with E-state index in [0.717, 1.165) is 0 Å². The van der Waals surface area contributed by atoms with E-state index < -0.39 is 19.4 Å². The van der Waals surface area contributed by atoms with Crippen LogP contribution in [0, 0.1) is 0 Å². The average molecular weight is 388 g/mol. The van der Waals surface area contributed by atoms with E-state index in [0.29, 0.717) is 22.5 Å². The molecule has 0 radical (unpaired) electrons. The van der Waals surface area contributed by atoms with E-state index in [2.05, 4.69) is 68.8 Å². The predicted molar refractivity (Wildman–Crippen MR) is 87.8 cm³/mol. The summed E-state index contributed by atoms with van der Waals surface area (Å²) in [6.45, 7) is 9.32. The minimum atomic E-state index is -2.43. The van der Waals surface area contributed by atoms with Gasteiger partial charge in [0.2, 0.25) is 0 Å². The Balaban J connectivity index is 2.45. The standard InChI is InChI=1S/C15H21BN.2ClH.Zr/c1-12(2)17(13(3)4)16-10-9-14-7-5-6-8-15(14)11-16;;;/h5-13H,1-4H3;2*1H;/q;;;+2/p-2. The van der Waals surface area contributed by atoms with Crippen LogP contribution in [0.2, 0.25) is 0 Å². The van der Waals surface area contributed by atoms with Gasteiger partial charge in [0.15, 0.2) is 0 Å². The number of fused-ring (bicyclic) bond motifs is 1. The van der Waals surface area contributed by atoms with Crippen LogP contribution in [0.1, 0.15) is 42.3 Å². The van der Waals surface area contributed by atoms with E-state index in [1.54, 1.807) is 0 Å². The Morgan fingerprint density at radius 3 is 2.25 bits per heavy atom. The van der Waals surface area contributed by atoms with E-state index >= 15 is 0 Å². The summed E-state index contributed by atoms with van der Waals surface area (Å²) in [5, 5.41) is 0. The van der Waals surface area contributed by atoms with Gasteiger partial charge in [-0.25, -0.2) is 0 Å². The second kappa shape index (κ2) is 7.14. The number of hydrogen-bond acceptors (Lipinski definition) is 1. The van der Waals surface area contributed by atoms with E-state index in [9.17, 15) is 0 Å². The van der Waals surface area contributed by atoms with Gasteiger partial charge in [0.25, 0.3) is 0 Å². The number of nitrogens with zero attached hydrogens (tertiary/aromatic N) is 1. The van der Waals surface area contributed by atoms with Crippen molar-refractivity contribution >= 4 is 29.9 Å². The third-order valence-electron chi connectivity index (χ3n) is 3.92. The van der Waals surface area contributed by atoms with E-state index in [1.807, 2.05) is 0 Å². The molecule has 0 saturated carbocycles. The molecule has 0 saturated heterocycles. The monoisotopic (exact) mass is 386 g/mol. The summed E-state index contributed by atoms with van der Waals surface area (Å²) in [5.74, 6) is 2.30. The first-order chi connectivity index (χ1) is 9.43. The van der Waals surface area contributed by atoms with Crippen LogP contribution in [0.4, 0.5) is 0 Å². The molecular weight excluding hydrogens is 367 g/mol. The van der Waals surface area contributed by atoms with Gasteiger partial charge in [0.05, 0.1) is 0 Å². The second-order valence-electron chi connectivity index (χ2n) is 5.88. The Bertz CT molecular complexity index is 483. The Kier molecular flexibility index (Phi) is 6.00. The molecule has 20 heavy (non-hydrogen) atoms. The molecule has 1 aliphatic heterocycles. The van der Waals surface area contributed by atoms with Crippen molar-refractivity contribution in [3.63, 3.8) is 0 Å². The number of halogens is 2. The molecule has 1 atom stereocenters. The fraction of sp³-hybridized carbons (Fsp3) is 0.467.